The quantitative estimate of drug-likeness (QED) is 0.772. The molecule has 0 bridgehead atoms. The second-order valence-corrected chi connectivity index (χ2v) is 11.1. The van der Waals surface area contributed by atoms with Crippen molar-refractivity contribution in [3.63, 3.8) is 0 Å². The normalized spacial score (nSPS) is 36.5. The molecule has 3 aliphatic heterocycles. The molecule has 1 N–H and O–H groups in total. The molecule has 6 heteroatoms. The third-order valence-electron chi connectivity index (χ3n) is 7.76. The van der Waals surface area contributed by atoms with Crippen molar-refractivity contribution in [1.29, 1.82) is 0 Å². The number of thiophene rings is 1. The van der Waals surface area contributed by atoms with E-state index in [4.69, 9.17) is 9.47 Å². The van der Waals surface area contributed by atoms with Gasteiger partial charge in [-0.15, -0.1) is 11.3 Å². The molecular formula is C24H36N2O3S. The number of piperidine rings is 1. The second kappa shape index (κ2) is 8.53. The summed E-state index contributed by atoms with van der Waals surface area (Å²) < 4.78 is 12.0. The van der Waals surface area contributed by atoms with Gasteiger partial charge in [-0.05, 0) is 69.4 Å². The Morgan fingerprint density at radius 3 is 2.97 bits per heavy atom. The van der Waals surface area contributed by atoms with E-state index >= 15 is 0 Å². The van der Waals surface area contributed by atoms with Crippen molar-refractivity contribution < 1.29 is 14.3 Å². The lowest BCUT2D eigenvalue weighted by Crippen LogP contribution is -2.54. The highest BCUT2D eigenvalue weighted by molar-refractivity contribution is 7.12. The van der Waals surface area contributed by atoms with Crippen molar-refractivity contribution in [2.75, 3.05) is 26.3 Å². The molecule has 1 amide bonds. The largest absolute Gasteiger partial charge is 0.370 e. The van der Waals surface area contributed by atoms with Gasteiger partial charge >= 0.3 is 0 Å². The summed E-state index contributed by atoms with van der Waals surface area (Å²) in [5, 5.41) is 3.20. The minimum absolute atomic E-state index is 0.0508. The predicted molar refractivity (Wildman–Crippen MR) is 119 cm³/mol. The van der Waals surface area contributed by atoms with Gasteiger partial charge in [-0.1, -0.05) is 6.92 Å². The molecule has 5 rings (SSSR count). The number of hydrogen-bond acceptors (Lipinski definition) is 5. The van der Waals surface area contributed by atoms with Gasteiger partial charge in [0, 0.05) is 48.0 Å². The van der Waals surface area contributed by atoms with Gasteiger partial charge in [-0.3, -0.25) is 4.79 Å². The molecule has 1 aliphatic carbocycles. The summed E-state index contributed by atoms with van der Waals surface area (Å²) in [4.78, 5) is 18.0. The molecule has 4 heterocycles. The van der Waals surface area contributed by atoms with Gasteiger partial charge in [0.1, 0.15) is 6.10 Å². The topological polar surface area (TPSA) is 50.8 Å². The number of fused-ring (bicyclic) bond motifs is 2. The maximum absolute atomic E-state index is 12.2. The maximum Gasteiger partial charge on any atom is 0.249 e. The average Bonchev–Trinajstić information content (AvgIpc) is 3.38. The summed E-state index contributed by atoms with van der Waals surface area (Å²) in [6.45, 7) is 8.50. The van der Waals surface area contributed by atoms with Gasteiger partial charge in [0.2, 0.25) is 5.91 Å². The van der Waals surface area contributed by atoms with Crippen LogP contribution >= 0.6 is 11.3 Å². The molecule has 1 spiro atoms. The third-order valence-corrected chi connectivity index (χ3v) is 9.09. The summed E-state index contributed by atoms with van der Waals surface area (Å²) in [5.41, 5.74) is 1.45. The Hall–Kier alpha value is -0.950. The van der Waals surface area contributed by atoms with Crippen molar-refractivity contribution in [3.8, 4) is 0 Å². The molecule has 1 aromatic heterocycles. The molecule has 3 atom stereocenters. The Bertz CT molecular complexity index is 769. The van der Waals surface area contributed by atoms with Gasteiger partial charge in [0.15, 0.2) is 0 Å². The van der Waals surface area contributed by atoms with Crippen LogP contribution in [0.2, 0.25) is 0 Å². The van der Waals surface area contributed by atoms with E-state index in [1.54, 1.807) is 4.88 Å². The van der Waals surface area contributed by atoms with Crippen LogP contribution < -0.4 is 5.32 Å². The molecule has 0 unspecified atom stereocenters. The summed E-state index contributed by atoms with van der Waals surface area (Å²) in [6.07, 6.45) is 8.33. The first-order chi connectivity index (χ1) is 14.6. The zero-order chi connectivity index (χ0) is 20.7. The van der Waals surface area contributed by atoms with Gasteiger partial charge in [-0.25, -0.2) is 0 Å². The van der Waals surface area contributed by atoms with Crippen LogP contribution in [0.5, 0.6) is 0 Å². The first-order valence-electron chi connectivity index (χ1n) is 12.0. The first-order valence-corrected chi connectivity index (χ1v) is 12.8. The van der Waals surface area contributed by atoms with E-state index in [9.17, 15) is 4.79 Å². The molecule has 5 nitrogen and oxygen atoms in total. The third kappa shape index (κ3) is 3.96. The monoisotopic (exact) mass is 432 g/mol. The average molecular weight is 433 g/mol. The van der Waals surface area contributed by atoms with Crippen LogP contribution in [0.1, 0.15) is 67.7 Å². The van der Waals surface area contributed by atoms with Gasteiger partial charge in [-0.2, -0.15) is 0 Å². The predicted octanol–water partition coefficient (Wildman–Crippen LogP) is 3.64. The van der Waals surface area contributed by atoms with Crippen LogP contribution in [0.15, 0.2) is 6.07 Å². The molecular weight excluding hydrogens is 396 g/mol. The highest BCUT2D eigenvalue weighted by Crippen LogP contribution is 2.46. The molecule has 0 aromatic carbocycles. The van der Waals surface area contributed by atoms with Crippen LogP contribution in [0.25, 0.3) is 0 Å². The number of likely N-dealkylation sites (tertiary alicyclic amines) is 1. The zero-order valence-corrected chi connectivity index (χ0v) is 19.3. The highest BCUT2D eigenvalue weighted by Gasteiger charge is 2.45. The minimum Gasteiger partial charge on any atom is -0.370 e. The number of carbonyl (C=O) groups excluding carboxylic acids is 1. The van der Waals surface area contributed by atoms with Gasteiger partial charge < -0.3 is 19.7 Å². The van der Waals surface area contributed by atoms with Crippen LogP contribution in [-0.4, -0.2) is 55.3 Å². The van der Waals surface area contributed by atoms with E-state index in [1.165, 1.54) is 10.4 Å². The Kier molecular flexibility index (Phi) is 5.95. The van der Waals surface area contributed by atoms with Crippen molar-refractivity contribution in [1.82, 2.24) is 10.2 Å². The number of carbonyl (C=O) groups is 1. The standard InChI is InChI=1S/C24H36N2O3S/c1-3-19-13-20-22(30-19)6-10-29-24(20)7-8-26(16(2)14-24)15-17-11-18(12-17)25-23(27)21-5-4-9-28-21/h13,16-18,21H,3-12,14-15H2,1-2H3,(H,25,27)/t16-,17?,18?,21+,24+/m0/s1. The number of rotatable bonds is 5. The highest BCUT2D eigenvalue weighted by atomic mass is 32.1. The molecule has 1 aromatic rings. The van der Waals surface area contributed by atoms with E-state index in [0.717, 1.165) is 77.7 Å². The van der Waals surface area contributed by atoms with Gasteiger partial charge in [0.25, 0.3) is 0 Å². The van der Waals surface area contributed by atoms with E-state index in [1.807, 2.05) is 11.3 Å². The van der Waals surface area contributed by atoms with Crippen LogP contribution in [0.4, 0.5) is 0 Å². The fourth-order valence-electron chi connectivity index (χ4n) is 5.96. The number of hydrogen-bond donors (Lipinski definition) is 1. The second-order valence-electron chi connectivity index (χ2n) is 9.84. The Morgan fingerprint density at radius 2 is 2.23 bits per heavy atom. The fraction of sp³-hybridized carbons (Fsp3) is 0.792. The van der Waals surface area contributed by atoms with Crippen molar-refractivity contribution in [2.24, 2.45) is 5.92 Å². The lowest BCUT2D eigenvalue weighted by Gasteiger charge is -2.49. The number of nitrogens with zero attached hydrogens (tertiary/aromatic N) is 1. The first kappa shape index (κ1) is 20.9. The summed E-state index contributed by atoms with van der Waals surface area (Å²) >= 11 is 2.01. The van der Waals surface area contributed by atoms with Crippen LogP contribution in [-0.2, 0) is 32.7 Å². The molecule has 4 aliphatic rings. The van der Waals surface area contributed by atoms with Crippen LogP contribution in [0.3, 0.4) is 0 Å². The summed E-state index contributed by atoms with van der Waals surface area (Å²) in [5.74, 6) is 0.809. The van der Waals surface area contributed by atoms with Crippen LogP contribution in [0, 0.1) is 5.92 Å². The maximum atomic E-state index is 12.2. The fourth-order valence-corrected chi connectivity index (χ4v) is 7.14. The zero-order valence-electron chi connectivity index (χ0n) is 18.5. The van der Waals surface area contributed by atoms with E-state index < -0.39 is 0 Å². The molecule has 1 saturated carbocycles. The van der Waals surface area contributed by atoms with Gasteiger partial charge in [0.05, 0.1) is 12.2 Å². The Labute approximate surface area is 184 Å². The number of ether oxygens (including phenoxy) is 2. The Balaban J connectivity index is 1.13. The molecule has 30 heavy (non-hydrogen) atoms. The van der Waals surface area contributed by atoms with E-state index in [0.29, 0.717) is 18.0 Å². The molecule has 166 valence electrons. The number of nitrogens with one attached hydrogen (secondary N) is 1. The number of aryl methyl sites for hydroxylation is 1. The smallest absolute Gasteiger partial charge is 0.249 e. The van der Waals surface area contributed by atoms with Crippen molar-refractivity contribution >= 4 is 17.2 Å². The molecule has 0 radical (unpaired) electrons. The van der Waals surface area contributed by atoms with Crippen molar-refractivity contribution in [3.05, 3.63) is 21.4 Å². The van der Waals surface area contributed by atoms with E-state index in [2.05, 4.69) is 30.1 Å². The Morgan fingerprint density at radius 1 is 1.37 bits per heavy atom. The SMILES string of the molecule is CCc1cc2c(s1)CCO[C@@]21CCN(CC2CC(NC(=O)[C@H]3CCCO3)C2)[C@@H](C)C1. The summed E-state index contributed by atoms with van der Waals surface area (Å²) in [7, 11) is 0. The lowest BCUT2D eigenvalue weighted by atomic mass is 9.76. The molecule has 2 saturated heterocycles. The summed E-state index contributed by atoms with van der Waals surface area (Å²) in [6, 6.07) is 3.32. The molecule has 3 fully saturated rings. The van der Waals surface area contributed by atoms with E-state index in [-0.39, 0.29) is 17.6 Å². The van der Waals surface area contributed by atoms with Crippen molar-refractivity contribution in [2.45, 2.75) is 89.0 Å². The minimum atomic E-state index is -0.201. The lowest BCUT2D eigenvalue weighted by molar-refractivity contribution is -0.132. The number of amides is 1.